The number of aromatic nitrogens is 4. The third-order valence-electron chi connectivity index (χ3n) is 7.46. The zero-order valence-electron chi connectivity index (χ0n) is 27.5. The Bertz CT molecular complexity index is 1270. The lowest BCUT2D eigenvalue weighted by atomic mass is 10.1. The standard InChI is InChI=1S/C18H32N4.2C9H11NO2/c1-19-13-15-21(17-19)11-9-7-5-3-4-6-8-10-12-22-16-14-20(2)18-22;2*10-8(9(11)12)6-7-4-2-1-3-5-7/h13-18H,3-12H2,1-2H3;2*1-5,8H,6,10H2,(H,11,12)/q+2;;. The van der Waals surface area contributed by atoms with Gasteiger partial charge in [-0.1, -0.05) is 86.3 Å². The number of benzene rings is 2. The molecular formula is C36H54N6O4+2. The fraction of sp³-hybridized carbons (Fsp3) is 0.444. The Morgan fingerprint density at radius 3 is 1.22 bits per heavy atom. The molecule has 6 N–H and O–H groups in total. The van der Waals surface area contributed by atoms with Crippen LogP contribution in [0.25, 0.3) is 0 Å². The molecule has 0 bridgehead atoms. The van der Waals surface area contributed by atoms with E-state index in [2.05, 4.69) is 69.8 Å². The van der Waals surface area contributed by atoms with E-state index in [1.807, 2.05) is 60.7 Å². The van der Waals surface area contributed by atoms with Crippen LogP contribution in [0.1, 0.15) is 62.5 Å². The predicted molar refractivity (Wildman–Crippen MR) is 180 cm³/mol. The van der Waals surface area contributed by atoms with E-state index in [0.717, 1.165) is 24.2 Å². The highest BCUT2D eigenvalue weighted by Crippen LogP contribution is 2.09. The lowest BCUT2D eigenvalue weighted by Gasteiger charge is -2.04. The number of hydrogen-bond donors (Lipinski definition) is 4. The Labute approximate surface area is 273 Å². The summed E-state index contributed by atoms with van der Waals surface area (Å²) in [5, 5.41) is 17.0. The van der Waals surface area contributed by atoms with Crippen LogP contribution in [0.3, 0.4) is 0 Å². The lowest BCUT2D eigenvalue weighted by molar-refractivity contribution is -0.697. The first-order valence-corrected chi connectivity index (χ1v) is 16.2. The molecule has 250 valence electrons. The number of carboxylic acid groups (broad SMARTS) is 2. The van der Waals surface area contributed by atoms with Crippen molar-refractivity contribution in [3.8, 4) is 0 Å². The van der Waals surface area contributed by atoms with Crippen molar-refractivity contribution in [2.75, 3.05) is 0 Å². The first kappa shape index (κ1) is 37.9. The van der Waals surface area contributed by atoms with Gasteiger partial charge in [0, 0.05) is 0 Å². The molecule has 0 radical (unpaired) electrons. The van der Waals surface area contributed by atoms with Gasteiger partial charge in [-0.3, -0.25) is 9.59 Å². The molecule has 2 heterocycles. The Kier molecular flexibility index (Phi) is 18.3. The maximum atomic E-state index is 10.4. The molecular weight excluding hydrogens is 580 g/mol. The highest BCUT2D eigenvalue weighted by Gasteiger charge is 2.12. The van der Waals surface area contributed by atoms with Crippen LogP contribution in [0.4, 0.5) is 0 Å². The molecule has 4 rings (SSSR count). The minimum atomic E-state index is -0.959. The Morgan fingerprint density at radius 2 is 0.935 bits per heavy atom. The van der Waals surface area contributed by atoms with Gasteiger partial charge in [-0.05, 0) is 49.7 Å². The quantitative estimate of drug-likeness (QED) is 0.102. The Hall–Kier alpha value is -4.28. The fourth-order valence-corrected chi connectivity index (χ4v) is 4.83. The topological polar surface area (TPSA) is 144 Å². The molecule has 2 aromatic heterocycles. The smallest absolute Gasteiger partial charge is 0.320 e. The molecule has 0 aliphatic rings. The summed E-state index contributed by atoms with van der Waals surface area (Å²) in [7, 11) is 4.15. The van der Waals surface area contributed by atoms with Gasteiger partial charge in [-0.15, -0.1) is 0 Å². The van der Waals surface area contributed by atoms with Crippen LogP contribution in [-0.4, -0.2) is 43.4 Å². The van der Waals surface area contributed by atoms with Gasteiger partial charge >= 0.3 is 11.9 Å². The average molecular weight is 635 g/mol. The highest BCUT2D eigenvalue weighted by atomic mass is 16.4. The number of rotatable bonds is 17. The number of imidazole rings is 2. The molecule has 10 heteroatoms. The number of nitrogens with zero attached hydrogens (tertiary/aromatic N) is 4. The molecule has 46 heavy (non-hydrogen) atoms. The van der Waals surface area contributed by atoms with Gasteiger partial charge in [0.25, 0.3) is 0 Å². The van der Waals surface area contributed by atoms with E-state index in [-0.39, 0.29) is 0 Å². The molecule has 0 saturated carbocycles. The monoisotopic (exact) mass is 634 g/mol. The summed E-state index contributed by atoms with van der Waals surface area (Å²) in [4.78, 5) is 20.8. The first-order chi connectivity index (χ1) is 22.1. The van der Waals surface area contributed by atoms with Crippen LogP contribution in [0.5, 0.6) is 0 Å². The van der Waals surface area contributed by atoms with Crippen molar-refractivity contribution < 1.29 is 28.9 Å². The van der Waals surface area contributed by atoms with Crippen molar-refractivity contribution in [1.29, 1.82) is 0 Å². The lowest BCUT2D eigenvalue weighted by Crippen LogP contribution is -2.32. The maximum absolute atomic E-state index is 10.4. The number of carboxylic acids is 2. The van der Waals surface area contributed by atoms with Gasteiger partial charge in [-0.25, -0.2) is 18.3 Å². The number of aryl methyl sites for hydroxylation is 4. The van der Waals surface area contributed by atoms with Crippen LogP contribution in [0.15, 0.2) is 98.1 Å². The number of nitrogens with two attached hydrogens (primary N) is 2. The summed E-state index contributed by atoms with van der Waals surface area (Å²) < 4.78 is 8.77. The van der Waals surface area contributed by atoms with Gasteiger partial charge in [0.2, 0.25) is 12.7 Å². The van der Waals surface area contributed by atoms with Crippen LogP contribution in [0, 0.1) is 0 Å². The second-order valence-electron chi connectivity index (χ2n) is 11.7. The van der Waals surface area contributed by atoms with Crippen molar-refractivity contribution in [1.82, 2.24) is 9.13 Å². The zero-order chi connectivity index (χ0) is 33.6. The Morgan fingerprint density at radius 1 is 0.609 bits per heavy atom. The van der Waals surface area contributed by atoms with Crippen LogP contribution in [0.2, 0.25) is 0 Å². The Balaban J connectivity index is 0.000000261. The SMILES string of the molecule is Cn1cc[n+](CCCCCCCCCC[n+]2ccn(C)c2)c1.NC(Cc1ccccc1)C(=O)O.NC(Cc1ccccc1)C(=O)O. The third-order valence-corrected chi connectivity index (χ3v) is 7.46. The molecule has 0 aliphatic heterocycles. The number of aliphatic carboxylic acids is 2. The van der Waals surface area contributed by atoms with Gasteiger partial charge in [0.15, 0.2) is 0 Å². The number of hydrogen-bond acceptors (Lipinski definition) is 4. The van der Waals surface area contributed by atoms with Crippen molar-refractivity contribution in [2.45, 2.75) is 89.4 Å². The van der Waals surface area contributed by atoms with Gasteiger partial charge < -0.3 is 21.7 Å². The highest BCUT2D eigenvalue weighted by molar-refractivity contribution is 5.73. The summed E-state index contributed by atoms with van der Waals surface area (Å²) in [6, 6.07) is 17.1. The summed E-state index contributed by atoms with van der Waals surface area (Å²) in [5.41, 5.74) is 12.6. The number of unbranched alkanes of at least 4 members (excludes halogenated alkanes) is 7. The fourth-order valence-electron chi connectivity index (χ4n) is 4.83. The first-order valence-electron chi connectivity index (χ1n) is 16.2. The molecule has 0 amide bonds. The van der Waals surface area contributed by atoms with E-state index < -0.39 is 24.0 Å². The summed E-state index contributed by atoms with van der Waals surface area (Å²) >= 11 is 0. The van der Waals surface area contributed by atoms with Crippen LogP contribution < -0.4 is 20.6 Å². The molecule has 0 saturated heterocycles. The second kappa shape index (κ2) is 22.3. The molecule has 2 atom stereocenters. The summed E-state index contributed by atoms with van der Waals surface area (Å²) in [6.07, 6.45) is 24.5. The van der Waals surface area contributed by atoms with Crippen LogP contribution >= 0.6 is 0 Å². The minimum absolute atomic E-state index is 0.385. The van der Waals surface area contributed by atoms with E-state index in [1.54, 1.807) is 0 Å². The molecule has 0 spiro atoms. The molecule has 10 nitrogen and oxygen atoms in total. The van der Waals surface area contributed by atoms with E-state index in [9.17, 15) is 9.59 Å². The van der Waals surface area contributed by atoms with E-state index in [1.165, 1.54) is 51.4 Å². The molecule has 0 fully saturated rings. The van der Waals surface area contributed by atoms with Gasteiger partial charge in [0.05, 0.1) is 27.2 Å². The summed E-state index contributed by atoms with van der Waals surface area (Å²) in [5.74, 6) is -1.92. The third kappa shape index (κ3) is 17.3. The number of carbonyl (C=O) groups is 2. The molecule has 4 aromatic rings. The van der Waals surface area contributed by atoms with Crippen molar-refractivity contribution in [2.24, 2.45) is 25.6 Å². The summed E-state index contributed by atoms with van der Waals surface area (Å²) in [6.45, 7) is 2.32. The minimum Gasteiger partial charge on any atom is -0.480 e. The van der Waals surface area contributed by atoms with Crippen molar-refractivity contribution in [3.63, 3.8) is 0 Å². The van der Waals surface area contributed by atoms with Crippen LogP contribution in [-0.2, 0) is 49.6 Å². The average Bonchev–Trinajstić information content (AvgIpc) is 3.66. The molecule has 2 aromatic carbocycles. The van der Waals surface area contributed by atoms with Gasteiger partial charge in [0.1, 0.15) is 36.9 Å². The zero-order valence-corrected chi connectivity index (χ0v) is 27.5. The van der Waals surface area contributed by atoms with E-state index in [4.69, 9.17) is 21.7 Å². The molecule has 0 aliphatic carbocycles. The largest absolute Gasteiger partial charge is 0.480 e. The molecule has 2 unspecified atom stereocenters. The predicted octanol–water partition coefficient (Wildman–Crippen LogP) is 4.04. The van der Waals surface area contributed by atoms with Crippen molar-refractivity contribution in [3.05, 3.63) is 109 Å². The normalized spacial score (nSPS) is 11.8. The van der Waals surface area contributed by atoms with Crippen molar-refractivity contribution >= 4 is 11.9 Å². The maximum Gasteiger partial charge on any atom is 0.320 e. The second-order valence-corrected chi connectivity index (χ2v) is 11.7. The van der Waals surface area contributed by atoms with Gasteiger partial charge in [-0.2, -0.15) is 0 Å². The van der Waals surface area contributed by atoms with E-state index >= 15 is 0 Å². The van der Waals surface area contributed by atoms with E-state index in [0.29, 0.717) is 12.8 Å².